The average Bonchev–Trinajstić information content (AvgIpc) is 2.64. The number of amides is 2. The summed E-state index contributed by atoms with van der Waals surface area (Å²) < 4.78 is 5.31. The summed E-state index contributed by atoms with van der Waals surface area (Å²) in [5.74, 6) is -0.412. The summed E-state index contributed by atoms with van der Waals surface area (Å²) in [7, 11) is 0. The molecule has 1 aromatic rings. The molecule has 2 unspecified atom stereocenters. The number of carbonyl (C=O) groups is 2. The Labute approximate surface area is 164 Å². The Morgan fingerprint density at radius 1 is 1.30 bits per heavy atom. The van der Waals surface area contributed by atoms with Gasteiger partial charge in [0.1, 0.15) is 0 Å². The van der Waals surface area contributed by atoms with Gasteiger partial charge in [0.25, 0.3) is 0 Å². The number of hydrogen-bond donors (Lipinski definition) is 2. The first kappa shape index (κ1) is 19.7. The van der Waals surface area contributed by atoms with E-state index in [1.54, 1.807) is 19.1 Å². The number of urea groups is 1. The Morgan fingerprint density at radius 3 is 2.70 bits per heavy atom. The molecule has 6 nitrogen and oxygen atoms in total. The number of rotatable bonds is 5. The molecule has 1 saturated heterocycles. The Kier molecular flexibility index (Phi) is 6.39. The van der Waals surface area contributed by atoms with Crippen LogP contribution in [-0.2, 0) is 9.53 Å². The van der Waals surface area contributed by atoms with Crippen LogP contribution in [0, 0.1) is 0 Å². The maximum absolute atomic E-state index is 12.8. The smallest absolute Gasteiger partial charge is 0.338 e. The first-order chi connectivity index (χ1) is 13.0. The molecular formula is C20H26ClN3O3. The van der Waals surface area contributed by atoms with E-state index in [2.05, 4.69) is 22.5 Å². The fourth-order valence-corrected chi connectivity index (χ4v) is 3.82. The van der Waals surface area contributed by atoms with Gasteiger partial charge in [0.15, 0.2) is 0 Å². The minimum absolute atomic E-state index is 0.275. The van der Waals surface area contributed by atoms with Crippen LogP contribution < -0.4 is 10.6 Å². The molecule has 3 rings (SSSR count). The molecule has 27 heavy (non-hydrogen) atoms. The third-order valence-corrected chi connectivity index (χ3v) is 5.41. The van der Waals surface area contributed by atoms with Crippen LogP contribution in [-0.4, -0.2) is 42.6 Å². The zero-order valence-electron chi connectivity index (χ0n) is 15.8. The van der Waals surface area contributed by atoms with Crippen molar-refractivity contribution >= 4 is 23.6 Å². The molecule has 0 saturated carbocycles. The zero-order chi connectivity index (χ0) is 19.4. The third kappa shape index (κ3) is 4.62. The van der Waals surface area contributed by atoms with Crippen LogP contribution in [0.3, 0.4) is 0 Å². The van der Waals surface area contributed by atoms with E-state index in [1.165, 1.54) is 6.42 Å². The minimum Gasteiger partial charge on any atom is -0.463 e. The number of benzene rings is 1. The molecule has 2 N–H and O–H groups in total. The zero-order valence-corrected chi connectivity index (χ0v) is 16.5. The standard InChI is InChI=1S/C20H26ClN3O3/c1-3-27-19(25)17-16(12-24-11-5-4-6-13(24)2)22-20(26)23-18(17)14-7-9-15(21)10-8-14/h7-10,13,18H,3-6,11-12H2,1-2H3,(H2,22,23,26). The summed E-state index contributed by atoms with van der Waals surface area (Å²) in [4.78, 5) is 27.4. The first-order valence-corrected chi connectivity index (χ1v) is 9.84. The van der Waals surface area contributed by atoms with Gasteiger partial charge < -0.3 is 15.4 Å². The van der Waals surface area contributed by atoms with Crippen molar-refractivity contribution in [3.8, 4) is 0 Å². The fraction of sp³-hybridized carbons (Fsp3) is 0.500. The van der Waals surface area contributed by atoms with Gasteiger partial charge in [-0.3, -0.25) is 4.90 Å². The topological polar surface area (TPSA) is 70.7 Å². The van der Waals surface area contributed by atoms with Crippen molar-refractivity contribution in [3.63, 3.8) is 0 Å². The van der Waals surface area contributed by atoms with Crippen LogP contribution >= 0.6 is 11.6 Å². The molecule has 2 atom stereocenters. The number of nitrogens with zero attached hydrogens (tertiary/aromatic N) is 1. The summed E-state index contributed by atoms with van der Waals surface area (Å²) in [5.41, 5.74) is 1.86. The molecule has 2 aliphatic heterocycles. The summed E-state index contributed by atoms with van der Waals surface area (Å²) in [6.07, 6.45) is 3.46. The third-order valence-electron chi connectivity index (χ3n) is 5.15. The average molecular weight is 392 g/mol. The monoisotopic (exact) mass is 391 g/mol. The largest absolute Gasteiger partial charge is 0.463 e. The summed E-state index contributed by atoms with van der Waals surface area (Å²) in [6, 6.07) is 6.67. The maximum atomic E-state index is 12.8. The van der Waals surface area contributed by atoms with Crippen LogP contribution in [0.5, 0.6) is 0 Å². The number of ether oxygens (including phenoxy) is 1. The Hall–Kier alpha value is -2.05. The van der Waals surface area contributed by atoms with Gasteiger partial charge in [0.2, 0.25) is 0 Å². The van der Waals surface area contributed by atoms with Crippen LogP contribution in [0.4, 0.5) is 4.79 Å². The highest BCUT2D eigenvalue weighted by Crippen LogP contribution is 2.30. The molecule has 2 aliphatic rings. The lowest BCUT2D eigenvalue weighted by Crippen LogP contribution is -2.50. The number of halogens is 1. The van der Waals surface area contributed by atoms with E-state index in [0.717, 1.165) is 24.9 Å². The van der Waals surface area contributed by atoms with Crippen LogP contribution in [0.25, 0.3) is 0 Å². The molecule has 0 aromatic heterocycles. The highest BCUT2D eigenvalue weighted by molar-refractivity contribution is 6.30. The van der Waals surface area contributed by atoms with Gasteiger partial charge >= 0.3 is 12.0 Å². The van der Waals surface area contributed by atoms with E-state index in [4.69, 9.17) is 16.3 Å². The lowest BCUT2D eigenvalue weighted by Gasteiger charge is -2.36. The molecule has 7 heteroatoms. The van der Waals surface area contributed by atoms with Gasteiger partial charge in [0.05, 0.1) is 18.2 Å². The van der Waals surface area contributed by atoms with E-state index in [1.807, 2.05) is 12.1 Å². The predicted molar refractivity (Wildman–Crippen MR) is 104 cm³/mol. The highest BCUT2D eigenvalue weighted by Gasteiger charge is 2.35. The molecule has 2 heterocycles. The van der Waals surface area contributed by atoms with Crippen LogP contribution in [0.15, 0.2) is 35.5 Å². The van der Waals surface area contributed by atoms with Crippen molar-refractivity contribution in [1.82, 2.24) is 15.5 Å². The van der Waals surface area contributed by atoms with E-state index in [0.29, 0.717) is 28.9 Å². The van der Waals surface area contributed by atoms with Gasteiger partial charge in [-0.2, -0.15) is 0 Å². The van der Waals surface area contributed by atoms with E-state index >= 15 is 0 Å². The Bertz CT molecular complexity index is 732. The number of nitrogens with one attached hydrogen (secondary N) is 2. The second kappa shape index (κ2) is 8.76. The number of piperidine rings is 1. The number of hydrogen-bond acceptors (Lipinski definition) is 4. The molecule has 0 spiro atoms. The second-order valence-electron chi connectivity index (χ2n) is 7.01. The highest BCUT2D eigenvalue weighted by atomic mass is 35.5. The second-order valence-corrected chi connectivity index (χ2v) is 7.45. The van der Waals surface area contributed by atoms with Gasteiger partial charge in [-0.1, -0.05) is 30.2 Å². The van der Waals surface area contributed by atoms with Crippen LogP contribution in [0.2, 0.25) is 5.02 Å². The SMILES string of the molecule is CCOC(=O)C1=C(CN2CCCCC2C)NC(=O)NC1c1ccc(Cl)cc1. The van der Waals surface area contributed by atoms with E-state index < -0.39 is 12.0 Å². The number of likely N-dealkylation sites (tertiary alicyclic amines) is 1. The van der Waals surface area contributed by atoms with Gasteiger partial charge in [-0.15, -0.1) is 0 Å². The van der Waals surface area contributed by atoms with Crippen molar-refractivity contribution in [2.24, 2.45) is 0 Å². The molecule has 146 valence electrons. The molecular weight excluding hydrogens is 366 g/mol. The van der Waals surface area contributed by atoms with Gasteiger partial charge in [-0.05, 0) is 50.9 Å². The predicted octanol–water partition coefficient (Wildman–Crippen LogP) is 3.39. The van der Waals surface area contributed by atoms with Gasteiger partial charge in [0, 0.05) is 23.3 Å². The molecule has 0 radical (unpaired) electrons. The molecule has 1 aromatic carbocycles. The number of carbonyl (C=O) groups excluding carboxylic acids is 2. The molecule has 2 amide bonds. The molecule has 0 aliphatic carbocycles. The summed E-state index contributed by atoms with van der Waals surface area (Å²) >= 11 is 5.99. The quantitative estimate of drug-likeness (QED) is 0.755. The first-order valence-electron chi connectivity index (χ1n) is 9.46. The van der Waals surface area contributed by atoms with Crippen molar-refractivity contribution in [3.05, 3.63) is 46.1 Å². The van der Waals surface area contributed by atoms with Crippen molar-refractivity contribution in [2.45, 2.75) is 45.2 Å². The lowest BCUT2D eigenvalue weighted by molar-refractivity contribution is -0.139. The number of esters is 1. The summed E-state index contributed by atoms with van der Waals surface area (Å²) in [6.45, 7) is 5.71. The molecule has 1 fully saturated rings. The maximum Gasteiger partial charge on any atom is 0.338 e. The minimum atomic E-state index is -0.565. The van der Waals surface area contributed by atoms with Crippen molar-refractivity contribution < 1.29 is 14.3 Å². The lowest BCUT2D eigenvalue weighted by atomic mass is 9.94. The normalized spacial score (nSPS) is 23.6. The van der Waals surface area contributed by atoms with Gasteiger partial charge in [-0.25, -0.2) is 9.59 Å². The van der Waals surface area contributed by atoms with Crippen molar-refractivity contribution in [2.75, 3.05) is 19.7 Å². The van der Waals surface area contributed by atoms with Crippen LogP contribution in [0.1, 0.15) is 44.7 Å². The summed E-state index contributed by atoms with van der Waals surface area (Å²) in [5, 5.41) is 6.30. The molecule has 0 bridgehead atoms. The Morgan fingerprint density at radius 2 is 2.04 bits per heavy atom. The van der Waals surface area contributed by atoms with E-state index in [-0.39, 0.29) is 12.6 Å². The van der Waals surface area contributed by atoms with E-state index in [9.17, 15) is 9.59 Å². The fourth-order valence-electron chi connectivity index (χ4n) is 3.69. The Balaban J connectivity index is 1.98. The van der Waals surface area contributed by atoms with Crippen molar-refractivity contribution in [1.29, 1.82) is 0 Å².